The maximum absolute atomic E-state index is 12.5. The lowest BCUT2D eigenvalue weighted by molar-refractivity contribution is -0.140. The van der Waals surface area contributed by atoms with Gasteiger partial charge in [0, 0.05) is 0 Å². The van der Waals surface area contributed by atoms with Gasteiger partial charge >= 0.3 is 6.18 Å². The molecule has 110 valence electrons. The SMILES string of the molecule is CCCCCCC.Cc1ccc(F)c(C(F)(F)F)c1. The molecule has 0 amide bonds. The molecule has 0 saturated heterocycles. The van der Waals surface area contributed by atoms with E-state index >= 15 is 0 Å². The van der Waals surface area contributed by atoms with Gasteiger partial charge in [-0.15, -0.1) is 0 Å². The Labute approximate surface area is 112 Å². The minimum atomic E-state index is -4.60. The van der Waals surface area contributed by atoms with Crippen LogP contribution >= 0.6 is 0 Å². The molecule has 0 atom stereocenters. The quantitative estimate of drug-likeness (QED) is 0.459. The number of halogens is 4. The van der Waals surface area contributed by atoms with Crippen molar-refractivity contribution in [2.24, 2.45) is 0 Å². The van der Waals surface area contributed by atoms with Crippen LogP contribution in [0, 0.1) is 12.7 Å². The Kier molecular flexibility index (Phi) is 8.44. The third-order valence-corrected chi connectivity index (χ3v) is 2.63. The van der Waals surface area contributed by atoms with Gasteiger partial charge in [0.1, 0.15) is 5.82 Å². The van der Waals surface area contributed by atoms with Gasteiger partial charge in [0.25, 0.3) is 0 Å². The van der Waals surface area contributed by atoms with E-state index in [0.717, 1.165) is 12.1 Å². The van der Waals surface area contributed by atoms with Crippen molar-refractivity contribution in [1.82, 2.24) is 0 Å². The van der Waals surface area contributed by atoms with Gasteiger partial charge in [0.05, 0.1) is 5.56 Å². The Balaban J connectivity index is 0.000000399. The van der Waals surface area contributed by atoms with Crippen LogP contribution in [0.2, 0.25) is 0 Å². The first-order chi connectivity index (χ1) is 8.82. The summed E-state index contributed by atoms with van der Waals surface area (Å²) in [6.07, 6.45) is 2.41. The lowest BCUT2D eigenvalue weighted by Gasteiger charge is -2.07. The van der Waals surface area contributed by atoms with Crippen LogP contribution in [0.3, 0.4) is 0 Å². The minimum absolute atomic E-state index is 0.392. The zero-order chi connectivity index (χ0) is 14.9. The van der Waals surface area contributed by atoms with Crippen LogP contribution in [-0.2, 0) is 6.18 Å². The molecule has 0 aliphatic rings. The molecular formula is C15H22F4. The van der Waals surface area contributed by atoms with Gasteiger partial charge in [0.2, 0.25) is 0 Å². The maximum Gasteiger partial charge on any atom is 0.419 e. The van der Waals surface area contributed by atoms with E-state index in [4.69, 9.17) is 0 Å². The van der Waals surface area contributed by atoms with Crippen molar-refractivity contribution >= 4 is 0 Å². The molecule has 4 heteroatoms. The molecule has 0 aliphatic carbocycles. The first-order valence-electron chi connectivity index (χ1n) is 6.66. The van der Waals surface area contributed by atoms with Gasteiger partial charge < -0.3 is 0 Å². The van der Waals surface area contributed by atoms with E-state index in [0.29, 0.717) is 5.56 Å². The molecule has 0 aromatic heterocycles. The summed E-state index contributed by atoms with van der Waals surface area (Å²) in [5, 5.41) is 0. The van der Waals surface area contributed by atoms with E-state index in [1.54, 1.807) is 0 Å². The Morgan fingerprint density at radius 3 is 1.84 bits per heavy atom. The van der Waals surface area contributed by atoms with Crippen molar-refractivity contribution < 1.29 is 17.6 Å². The molecule has 0 aliphatic heterocycles. The molecule has 0 radical (unpaired) electrons. The molecule has 0 nitrogen and oxygen atoms in total. The summed E-state index contributed by atoms with van der Waals surface area (Å²) < 4.78 is 48.5. The Morgan fingerprint density at radius 1 is 0.947 bits per heavy atom. The van der Waals surface area contributed by atoms with Crippen molar-refractivity contribution in [3.8, 4) is 0 Å². The minimum Gasteiger partial charge on any atom is -0.206 e. The summed E-state index contributed by atoms with van der Waals surface area (Å²) in [6, 6.07) is 2.90. The highest BCUT2D eigenvalue weighted by atomic mass is 19.4. The van der Waals surface area contributed by atoms with Crippen molar-refractivity contribution in [2.75, 3.05) is 0 Å². The second-order valence-corrected chi connectivity index (χ2v) is 4.54. The van der Waals surface area contributed by atoms with Crippen LogP contribution < -0.4 is 0 Å². The molecule has 19 heavy (non-hydrogen) atoms. The van der Waals surface area contributed by atoms with Crippen molar-refractivity contribution in [3.63, 3.8) is 0 Å². The van der Waals surface area contributed by atoms with Crippen molar-refractivity contribution in [3.05, 3.63) is 35.1 Å². The third kappa shape index (κ3) is 7.85. The number of hydrogen-bond acceptors (Lipinski definition) is 0. The number of aryl methyl sites for hydroxylation is 1. The molecular weight excluding hydrogens is 256 g/mol. The predicted molar refractivity (Wildman–Crippen MR) is 70.6 cm³/mol. The van der Waals surface area contributed by atoms with Crippen LogP contribution in [-0.4, -0.2) is 0 Å². The van der Waals surface area contributed by atoms with Crippen molar-refractivity contribution in [2.45, 2.75) is 59.1 Å². The Morgan fingerprint density at radius 2 is 1.47 bits per heavy atom. The summed E-state index contributed by atoms with van der Waals surface area (Å²) in [6.45, 7) is 5.97. The summed E-state index contributed by atoms with van der Waals surface area (Å²) in [7, 11) is 0. The summed E-state index contributed by atoms with van der Waals surface area (Å²) in [5.41, 5.74) is -0.814. The van der Waals surface area contributed by atoms with Gasteiger partial charge in [-0.05, 0) is 19.1 Å². The number of benzene rings is 1. The zero-order valence-electron chi connectivity index (χ0n) is 11.8. The highest BCUT2D eigenvalue weighted by molar-refractivity contribution is 5.26. The fourth-order valence-electron chi connectivity index (χ4n) is 1.53. The standard InChI is InChI=1S/C8H6F4.C7H16/c1-5-2-3-7(9)6(4-5)8(10,11)12;1-3-5-7-6-4-2/h2-4H,1H3;3-7H2,1-2H3. The number of alkyl halides is 3. The van der Waals surface area contributed by atoms with Crippen LogP contribution in [0.1, 0.15) is 57.1 Å². The average Bonchev–Trinajstić information content (AvgIpc) is 2.32. The molecule has 0 heterocycles. The first-order valence-corrected chi connectivity index (χ1v) is 6.66. The molecule has 0 fully saturated rings. The molecule has 0 N–H and O–H groups in total. The van der Waals surface area contributed by atoms with E-state index in [1.165, 1.54) is 45.1 Å². The molecule has 0 spiro atoms. The topological polar surface area (TPSA) is 0 Å². The maximum atomic E-state index is 12.5. The molecule has 0 saturated carbocycles. The van der Waals surface area contributed by atoms with Gasteiger partial charge in [-0.3, -0.25) is 0 Å². The fraction of sp³-hybridized carbons (Fsp3) is 0.600. The summed E-state index contributed by atoms with van der Waals surface area (Å²) in [4.78, 5) is 0. The lowest BCUT2D eigenvalue weighted by Crippen LogP contribution is -2.08. The lowest BCUT2D eigenvalue weighted by atomic mass is 10.1. The zero-order valence-corrected chi connectivity index (χ0v) is 11.8. The monoisotopic (exact) mass is 278 g/mol. The van der Waals surface area contributed by atoms with E-state index in [1.807, 2.05) is 0 Å². The highest BCUT2D eigenvalue weighted by Gasteiger charge is 2.33. The fourth-order valence-corrected chi connectivity index (χ4v) is 1.53. The summed E-state index contributed by atoms with van der Waals surface area (Å²) >= 11 is 0. The number of hydrogen-bond donors (Lipinski definition) is 0. The average molecular weight is 278 g/mol. The smallest absolute Gasteiger partial charge is 0.206 e. The predicted octanol–water partition coefficient (Wildman–Crippen LogP) is 6.13. The van der Waals surface area contributed by atoms with Crippen LogP contribution in [0.5, 0.6) is 0 Å². The normalized spacial score (nSPS) is 10.9. The second-order valence-electron chi connectivity index (χ2n) is 4.54. The molecule has 0 unspecified atom stereocenters. The van der Waals surface area contributed by atoms with Crippen LogP contribution in [0.25, 0.3) is 0 Å². The van der Waals surface area contributed by atoms with Crippen LogP contribution in [0.15, 0.2) is 18.2 Å². The van der Waals surface area contributed by atoms with Gasteiger partial charge in [-0.2, -0.15) is 13.2 Å². The van der Waals surface area contributed by atoms with Crippen molar-refractivity contribution in [1.29, 1.82) is 0 Å². The van der Waals surface area contributed by atoms with E-state index in [-0.39, 0.29) is 0 Å². The van der Waals surface area contributed by atoms with E-state index in [2.05, 4.69) is 13.8 Å². The highest BCUT2D eigenvalue weighted by Crippen LogP contribution is 2.31. The van der Waals surface area contributed by atoms with Gasteiger partial charge in [-0.25, -0.2) is 4.39 Å². The molecule has 1 aromatic carbocycles. The third-order valence-electron chi connectivity index (χ3n) is 2.63. The van der Waals surface area contributed by atoms with E-state index in [9.17, 15) is 17.6 Å². The summed E-state index contributed by atoms with van der Waals surface area (Å²) in [5.74, 6) is -1.23. The Hall–Kier alpha value is -1.06. The van der Waals surface area contributed by atoms with Gasteiger partial charge in [-0.1, -0.05) is 57.6 Å². The van der Waals surface area contributed by atoms with Gasteiger partial charge in [0.15, 0.2) is 0 Å². The van der Waals surface area contributed by atoms with Crippen LogP contribution in [0.4, 0.5) is 17.6 Å². The number of rotatable bonds is 4. The Bertz CT molecular complexity index is 352. The molecule has 1 rings (SSSR count). The largest absolute Gasteiger partial charge is 0.419 e. The number of unbranched alkanes of at least 4 members (excludes halogenated alkanes) is 4. The molecule has 1 aromatic rings. The van der Waals surface area contributed by atoms with E-state index < -0.39 is 17.6 Å². The first kappa shape index (κ1) is 17.9. The molecule has 0 bridgehead atoms. The second kappa shape index (κ2) is 8.94.